The molecule has 1 aliphatic heterocycles. The molecule has 0 N–H and O–H groups in total. The van der Waals surface area contributed by atoms with Crippen molar-refractivity contribution >= 4 is 11.7 Å². The lowest BCUT2D eigenvalue weighted by Gasteiger charge is -2.14. The minimum Gasteiger partial charge on any atom is -0.494 e. The number of Topliss-reactive ketones (excluding diaryl/α,β-unsaturated/α-hetero) is 1. The van der Waals surface area contributed by atoms with E-state index in [1.54, 1.807) is 4.90 Å². The number of benzene rings is 1. The van der Waals surface area contributed by atoms with E-state index in [4.69, 9.17) is 4.74 Å². The van der Waals surface area contributed by atoms with Crippen molar-refractivity contribution in [2.24, 2.45) is 0 Å². The molecule has 1 saturated heterocycles. The van der Waals surface area contributed by atoms with Gasteiger partial charge < -0.3 is 9.64 Å². The standard InChI is InChI=1S/C14H17NO3/c1-2-18-13-5-3-4-11(8-13)6-7-15-10-12(16)9-14(15)17/h3-5,8H,2,6-7,9-10H2,1H3. The van der Waals surface area contributed by atoms with E-state index in [2.05, 4.69) is 0 Å². The van der Waals surface area contributed by atoms with Crippen LogP contribution in [0.15, 0.2) is 24.3 Å². The Bertz CT molecular complexity index is 456. The Hall–Kier alpha value is -1.84. The molecular formula is C14H17NO3. The van der Waals surface area contributed by atoms with Crippen LogP contribution < -0.4 is 4.74 Å². The molecule has 0 radical (unpaired) electrons. The Morgan fingerprint density at radius 3 is 2.83 bits per heavy atom. The maximum Gasteiger partial charge on any atom is 0.230 e. The molecule has 1 amide bonds. The molecule has 4 nitrogen and oxygen atoms in total. The van der Waals surface area contributed by atoms with Gasteiger partial charge in [-0.1, -0.05) is 12.1 Å². The highest BCUT2D eigenvalue weighted by molar-refractivity contribution is 6.05. The van der Waals surface area contributed by atoms with Gasteiger partial charge in [0.15, 0.2) is 5.78 Å². The van der Waals surface area contributed by atoms with Gasteiger partial charge in [0.1, 0.15) is 5.75 Å². The summed E-state index contributed by atoms with van der Waals surface area (Å²) in [4.78, 5) is 24.2. The summed E-state index contributed by atoms with van der Waals surface area (Å²) in [6, 6.07) is 7.84. The Morgan fingerprint density at radius 1 is 1.33 bits per heavy atom. The number of ketones is 1. The molecule has 0 spiro atoms. The Labute approximate surface area is 107 Å². The lowest BCUT2D eigenvalue weighted by atomic mass is 10.1. The summed E-state index contributed by atoms with van der Waals surface area (Å²) in [6.45, 7) is 3.45. The van der Waals surface area contributed by atoms with Gasteiger partial charge in [-0.2, -0.15) is 0 Å². The van der Waals surface area contributed by atoms with Gasteiger partial charge in [0, 0.05) is 6.54 Å². The van der Waals surface area contributed by atoms with E-state index >= 15 is 0 Å². The third kappa shape index (κ3) is 3.09. The number of carbonyl (C=O) groups excluding carboxylic acids is 2. The number of ether oxygens (including phenoxy) is 1. The van der Waals surface area contributed by atoms with E-state index in [-0.39, 0.29) is 24.7 Å². The van der Waals surface area contributed by atoms with Crippen molar-refractivity contribution in [3.05, 3.63) is 29.8 Å². The van der Waals surface area contributed by atoms with Crippen LogP contribution in [0.4, 0.5) is 0 Å². The van der Waals surface area contributed by atoms with E-state index < -0.39 is 0 Å². The van der Waals surface area contributed by atoms with Crippen LogP contribution in [0, 0.1) is 0 Å². The zero-order valence-electron chi connectivity index (χ0n) is 10.5. The smallest absolute Gasteiger partial charge is 0.230 e. The predicted molar refractivity (Wildman–Crippen MR) is 67.5 cm³/mol. The van der Waals surface area contributed by atoms with Crippen molar-refractivity contribution in [1.29, 1.82) is 0 Å². The number of hydrogen-bond acceptors (Lipinski definition) is 3. The molecule has 1 heterocycles. The molecule has 1 aliphatic rings. The van der Waals surface area contributed by atoms with Crippen molar-refractivity contribution in [2.75, 3.05) is 19.7 Å². The van der Waals surface area contributed by atoms with Gasteiger partial charge in [-0.25, -0.2) is 0 Å². The van der Waals surface area contributed by atoms with Crippen molar-refractivity contribution in [2.45, 2.75) is 19.8 Å². The third-order valence-electron chi connectivity index (χ3n) is 2.95. The molecule has 96 valence electrons. The predicted octanol–water partition coefficient (Wildman–Crippen LogP) is 1.43. The first-order chi connectivity index (χ1) is 8.69. The van der Waals surface area contributed by atoms with Crippen molar-refractivity contribution in [1.82, 2.24) is 4.90 Å². The van der Waals surface area contributed by atoms with E-state index in [1.165, 1.54) is 0 Å². The second-order valence-corrected chi connectivity index (χ2v) is 4.36. The first-order valence-corrected chi connectivity index (χ1v) is 6.20. The fraction of sp³-hybridized carbons (Fsp3) is 0.429. The van der Waals surface area contributed by atoms with E-state index in [9.17, 15) is 9.59 Å². The van der Waals surface area contributed by atoms with E-state index in [0.717, 1.165) is 17.7 Å². The second-order valence-electron chi connectivity index (χ2n) is 4.36. The molecule has 0 saturated carbocycles. The van der Waals surface area contributed by atoms with Gasteiger partial charge in [-0.05, 0) is 31.0 Å². The van der Waals surface area contributed by atoms with Crippen molar-refractivity contribution < 1.29 is 14.3 Å². The minimum atomic E-state index is -0.0547. The highest BCUT2D eigenvalue weighted by Crippen LogP contribution is 2.15. The van der Waals surface area contributed by atoms with Crippen molar-refractivity contribution in [3.63, 3.8) is 0 Å². The average Bonchev–Trinajstić information content (AvgIpc) is 2.66. The highest BCUT2D eigenvalue weighted by atomic mass is 16.5. The summed E-state index contributed by atoms with van der Waals surface area (Å²) < 4.78 is 5.42. The number of amides is 1. The molecule has 2 rings (SSSR count). The van der Waals surface area contributed by atoms with Gasteiger partial charge >= 0.3 is 0 Å². The third-order valence-corrected chi connectivity index (χ3v) is 2.95. The summed E-state index contributed by atoms with van der Waals surface area (Å²) in [5, 5.41) is 0. The van der Waals surface area contributed by atoms with Crippen LogP contribution >= 0.6 is 0 Å². The number of carbonyl (C=O) groups is 2. The fourth-order valence-electron chi connectivity index (χ4n) is 2.06. The molecule has 1 aromatic rings. The quantitative estimate of drug-likeness (QED) is 0.739. The maximum absolute atomic E-state index is 11.5. The lowest BCUT2D eigenvalue weighted by molar-refractivity contribution is -0.127. The zero-order valence-corrected chi connectivity index (χ0v) is 10.5. The monoisotopic (exact) mass is 247 g/mol. The molecule has 1 fully saturated rings. The largest absolute Gasteiger partial charge is 0.494 e. The topological polar surface area (TPSA) is 46.6 Å². The minimum absolute atomic E-state index is 0.0167. The van der Waals surface area contributed by atoms with Crippen LogP contribution in [-0.2, 0) is 16.0 Å². The van der Waals surface area contributed by atoms with Crippen LogP contribution in [0.2, 0.25) is 0 Å². The van der Waals surface area contributed by atoms with Crippen LogP contribution in [-0.4, -0.2) is 36.3 Å². The number of nitrogens with zero attached hydrogens (tertiary/aromatic N) is 1. The van der Waals surface area contributed by atoms with Crippen LogP contribution in [0.3, 0.4) is 0 Å². The first kappa shape index (κ1) is 12.6. The lowest BCUT2D eigenvalue weighted by Crippen LogP contribution is -2.27. The molecule has 0 atom stereocenters. The Kier molecular flexibility index (Phi) is 3.97. The summed E-state index contributed by atoms with van der Waals surface area (Å²) in [5.41, 5.74) is 1.12. The molecule has 4 heteroatoms. The number of likely N-dealkylation sites (tertiary alicyclic amines) is 1. The number of rotatable bonds is 5. The molecule has 0 aromatic heterocycles. The van der Waals surface area contributed by atoms with Gasteiger partial charge in [0.25, 0.3) is 0 Å². The van der Waals surface area contributed by atoms with E-state index in [1.807, 2.05) is 31.2 Å². The van der Waals surface area contributed by atoms with Crippen LogP contribution in [0.25, 0.3) is 0 Å². The SMILES string of the molecule is CCOc1cccc(CCN2CC(=O)CC2=O)c1. The highest BCUT2D eigenvalue weighted by Gasteiger charge is 2.26. The summed E-state index contributed by atoms with van der Waals surface area (Å²) in [6.07, 6.45) is 0.818. The van der Waals surface area contributed by atoms with Gasteiger partial charge in [-0.15, -0.1) is 0 Å². The molecule has 0 bridgehead atoms. The van der Waals surface area contributed by atoms with Crippen LogP contribution in [0.1, 0.15) is 18.9 Å². The molecule has 18 heavy (non-hydrogen) atoms. The Morgan fingerprint density at radius 2 is 2.17 bits per heavy atom. The number of hydrogen-bond donors (Lipinski definition) is 0. The summed E-state index contributed by atoms with van der Waals surface area (Å²) in [7, 11) is 0. The van der Waals surface area contributed by atoms with Crippen LogP contribution in [0.5, 0.6) is 5.75 Å². The Balaban J connectivity index is 1.91. The zero-order chi connectivity index (χ0) is 13.0. The maximum atomic E-state index is 11.5. The fourth-order valence-corrected chi connectivity index (χ4v) is 2.06. The second kappa shape index (κ2) is 5.67. The van der Waals surface area contributed by atoms with Gasteiger partial charge in [0.05, 0.1) is 19.6 Å². The summed E-state index contributed by atoms with van der Waals surface area (Å²) >= 11 is 0. The average molecular weight is 247 g/mol. The normalized spacial score (nSPS) is 15.3. The van der Waals surface area contributed by atoms with E-state index in [0.29, 0.717) is 13.2 Å². The summed E-state index contributed by atoms with van der Waals surface area (Å²) in [5.74, 6) is 0.808. The van der Waals surface area contributed by atoms with Crippen molar-refractivity contribution in [3.8, 4) is 5.75 Å². The molecule has 0 aliphatic carbocycles. The van der Waals surface area contributed by atoms with Gasteiger partial charge in [0.2, 0.25) is 5.91 Å². The molecule has 0 unspecified atom stereocenters. The molecule has 1 aromatic carbocycles. The van der Waals surface area contributed by atoms with Gasteiger partial charge in [-0.3, -0.25) is 9.59 Å². The first-order valence-electron chi connectivity index (χ1n) is 6.20. The molecular weight excluding hydrogens is 230 g/mol.